The van der Waals surface area contributed by atoms with E-state index in [4.69, 9.17) is 4.74 Å². The first kappa shape index (κ1) is 16.9. The predicted molar refractivity (Wildman–Crippen MR) is 101 cm³/mol. The summed E-state index contributed by atoms with van der Waals surface area (Å²) >= 11 is 1.93. The van der Waals surface area contributed by atoms with Crippen molar-refractivity contribution in [2.24, 2.45) is 0 Å². The van der Waals surface area contributed by atoms with Gasteiger partial charge in [-0.3, -0.25) is 4.90 Å². The molecule has 0 radical (unpaired) electrons. The van der Waals surface area contributed by atoms with Gasteiger partial charge in [0.2, 0.25) is 0 Å². The van der Waals surface area contributed by atoms with Gasteiger partial charge in [-0.25, -0.2) is 9.97 Å². The number of piperazine rings is 1. The number of hydrogen-bond acceptors (Lipinski definition) is 6. The molecule has 6 heteroatoms. The number of nitrogens with zero attached hydrogens (tertiary/aromatic N) is 4. The van der Waals surface area contributed by atoms with Crippen molar-refractivity contribution in [3.63, 3.8) is 0 Å². The van der Waals surface area contributed by atoms with Gasteiger partial charge in [-0.1, -0.05) is 6.92 Å². The fourth-order valence-electron chi connectivity index (χ4n) is 3.56. The zero-order chi connectivity index (χ0) is 17.1. The fraction of sp³-hybridized carbons (Fsp3) is 0.579. The number of rotatable bonds is 5. The Kier molecular flexibility index (Phi) is 5.29. The van der Waals surface area contributed by atoms with Crippen LogP contribution in [0, 0.1) is 0 Å². The van der Waals surface area contributed by atoms with E-state index >= 15 is 0 Å². The fourth-order valence-corrected chi connectivity index (χ4v) is 4.70. The molecule has 2 saturated heterocycles. The first-order chi connectivity index (χ1) is 12.3. The van der Waals surface area contributed by atoms with Crippen molar-refractivity contribution < 1.29 is 4.74 Å². The highest BCUT2D eigenvalue weighted by molar-refractivity contribution is 7.12. The summed E-state index contributed by atoms with van der Waals surface area (Å²) in [6.07, 6.45) is 5.38. The van der Waals surface area contributed by atoms with Gasteiger partial charge in [-0.15, -0.1) is 11.3 Å². The van der Waals surface area contributed by atoms with Crippen molar-refractivity contribution in [3.05, 3.63) is 40.0 Å². The molecule has 2 aromatic heterocycles. The summed E-state index contributed by atoms with van der Waals surface area (Å²) in [7, 11) is 0. The van der Waals surface area contributed by atoms with Crippen molar-refractivity contribution in [1.29, 1.82) is 0 Å². The molecule has 2 aliphatic heterocycles. The highest BCUT2D eigenvalue weighted by atomic mass is 32.1. The molecule has 0 spiro atoms. The van der Waals surface area contributed by atoms with Gasteiger partial charge in [0.1, 0.15) is 12.1 Å². The predicted octanol–water partition coefficient (Wildman–Crippen LogP) is 3.27. The Morgan fingerprint density at radius 3 is 2.84 bits per heavy atom. The maximum Gasteiger partial charge on any atom is 0.132 e. The quantitative estimate of drug-likeness (QED) is 0.820. The van der Waals surface area contributed by atoms with E-state index in [2.05, 4.69) is 44.9 Å². The van der Waals surface area contributed by atoms with Crippen LogP contribution in [0.15, 0.2) is 24.5 Å². The SMILES string of the molecule is CCc1cc(N2CCN(Cc3ccc([C@H]4CCCO4)s3)CC2)ncn1. The number of anilines is 1. The number of ether oxygens (including phenoxy) is 1. The minimum Gasteiger partial charge on any atom is -0.373 e. The summed E-state index contributed by atoms with van der Waals surface area (Å²) < 4.78 is 5.80. The van der Waals surface area contributed by atoms with Crippen LogP contribution in [-0.4, -0.2) is 47.7 Å². The Bertz CT molecular complexity index is 690. The molecular weight excluding hydrogens is 332 g/mol. The van der Waals surface area contributed by atoms with E-state index in [1.807, 2.05) is 11.3 Å². The molecule has 0 amide bonds. The molecule has 2 aliphatic rings. The molecule has 0 saturated carbocycles. The van der Waals surface area contributed by atoms with Gasteiger partial charge in [-0.05, 0) is 31.4 Å². The molecule has 2 aromatic rings. The number of thiophene rings is 1. The molecule has 0 N–H and O–H groups in total. The van der Waals surface area contributed by atoms with E-state index in [0.29, 0.717) is 6.10 Å². The molecule has 0 bridgehead atoms. The molecular formula is C19H26N4OS. The molecule has 0 unspecified atom stereocenters. The normalized spacial score (nSPS) is 21.8. The van der Waals surface area contributed by atoms with Crippen molar-refractivity contribution in [2.45, 2.75) is 38.8 Å². The van der Waals surface area contributed by atoms with Crippen LogP contribution in [0.1, 0.15) is 41.3 Å². The number of aromatic nitrogens is 2. The molecule has 1 atom stereocenters. The Labute approximate surface area is 153 Å². The largest absolute Gasteiger partial charge is 0.373 e. The van der Waals surface area contributed by atoms with E-state index in [9.17, 15) is 0 Å². The summed E-state index contributed by atoms with van der Waals surface area (Å²) in [5.41, 5.74) is 1.12. The summed E-state index contributed by atoms with van der Waals surface area (Å²) in [5, 5.41) is 0. The van der Waals surface area contributed by atoms with Crippen LogP contribution in [0.4, 0.5) is 5.82 Å². The van der Waals surface area contributed by atoms with E-state index in [-0.39, 0.29) is 0 Å². The molecule has 0 aliphatic carbocycles. The second kappa shape index (κ2) is 7.81. The van der Waals surface area contributed by atoms with Gasteiger partial charge in [0.05, 0.1) is 6.10 Å². The number of hydrogen-bond donors (Lipinski definition) is 0. The van der Waals surface area contributed by atoms with E-state index < -0.39 is 0 Å². The average Bonchev–Trinajstić information content (AvgIpc) is 3.34. The zero-order valence-electron chi connectivity index (χ0n) is 14.9. The van der Waals surface area contributed by atoms with Gasteiger partial charge >= 0.3 is 0 Å². The van der Waals surface area contributed by atoms with Gasteiger partial charge in [0.25, 0.3) is 0 Å². The molecule has 0 aromatic carbocycles. The van der Waals surface area contributed by atoms with Crippen molar-refractivity contribution in [2.75, 3.05) is 37.7 Å². The van der Waals surface area contributed by atoms with Crippen molar-refractivity contribution in [1.82, 2.24) is 14.9 Å². The second-order valence-electron chi connectivity index (χ2n) is 6.79. The van der Waals surface area contributed by atoms with Crippen LogP contribution in [0.5, 0.6) is 0 Å². The lowest BCUT2D eigenvalue weighted by Crippen LogP contribution is -2.46. The molecule has 134 valence electrons. The Balaban J connectivity index is 1.31. The summed E-state index contributed by atoms with van der Waals surface area (Å²) in [4.78, 5) is 16.5. The van der Waals surface area contributed by atoms with Gasteiger partial charge in [0, 0.05) is 60.8 Å². The van der Waals surface area contributed by atoms with Crippen LogP contribution in [0.25, 0.3) is 0 Å². The third-order valence-corrected chi connectivity index (χ3v) is 6.24. The average molecular weight is 359 g/mol. The van der Waals surface area contributed by atoms with Crippen LogP contribution in [-0.2, 0) is 17.7 Å². The molecule has 25 heavy (non-hydrogen) atoms. The minimum absolute atomic E-state index is 0.348. The van der Waals surface area contributed by atoms with Gasteiger partial charge in [0.15, 0.2) is 0 Å². The maximum atomic E-state index is 5.80. The van der Waals surface area contributed by atoms with E-state index in [0.717, 1.165) is 57.3 Å². The lowest BCUT2D eigenvalue weighted by molar-refractivity contribution is 0.114. The lowest BCUT2D eigenvalue weighted by atomic mass is 10.2. The first-order valence-electron chi connectivity index (χ1n) is 9.30. The summed E-state index contributed by atoms with van der Waals surface area (Å²) in [6.45, 7) is 8.33. The van der Waals surface area contributed by atoms with Gasteiger partial charge in [-0.2, -0.15) is 0 Å². The Morgan fingerprint density at radius 2 is 2.08 bits per heavy atom. The second-order valence-corrected chi connectivity index (χ2v) is 7.99. The molecule has 2 fully saturated rings. The topological polar surface area (TPSA) is 41.5 Å². The van der Waals surface area contributed by atoms with Crippen molar-refractivity contribution >= 4 is 17.2 Å². The van der Waals surface area contributed by atoms with E-state index in [1.54, 1.807) is 6.33 Å². The third-order valence-electron chi connectivity index (χ3n) is 5.08. The molecule has 5 nitrogen and oxygen atoms in total. The lowest BCUT2D eigenvalue weighted by Gasteiger charge is -2.35. The highest BCUT2D eigenvalue weighted by Crippen LogP contribution is 2.33. The maximum absolute atomic E-state index is 5.80. The van der Waals surface area contributed by atoms with Crippen LogP contribution in [0.3, 0.4) is 0 Å². The first-order valence-corrected chi connectivity index (χ1v) is 10.1. The standard InChI is InChI=1S/C19H26N4OS/c1-2-15-12-19(21-14-20-15)23-9-7-22(8-10-23)13-16-5-6-18(25-16)17-4-3-11-24-17/h5-6,12,14,17H,2-4,7-11,13H2,1H3/t17-/m1/s1. The van der Waals surface area contributed by atoms with Gasteiger partial charge < -0.3 is 9.64 Å². The van der Waals surface area contributed by atoms with Crippen LogP contribution in [0.2, 0.25) is 0 Å². The highest BCUT2D eigenvalue weighted by Gasteiger charge is 2.22. The summed E-state index contributed by atoms with van der Waals surface area (Å²) in [5.74, 6) is 1.07. The smallest absolute Gasteiger partial charge is 0.132 e. The minimum atomic E-state index is 0.348. The summed E-state index contributed by atoms with van der Waals surface area (Å²) in [6, 6.07) is 6.67. The Morgan fingerprint density at radius 1 is 1.20 bits per heavy atom. The number of aryl methyl sites for hydroxylation is 1. The van der Waals surface area contributed by atoms with E-state index in [1.165, 1.54) is 22.6 Å². The molecule has 4 heterocycles. The van der Waals surface area contributed by atoms with Crippen LogP contribution < -0.4 is 4.90 Å². The monoisotopic (exact) mass is 358 g/mol. The molecule has 4 rings (SSSR count). The zero-order valence-corrected chi connectivity index (χ0v) is 15.7. The third kappa shape index (κ3) is 4.02. The van der Waals surface area contributed by atoms with Crippen LogP contribution >= 0.6 is 11.3 Å². The Hall–Kier alpha value is -1.50. The van der Waals surface area contributed by atoms with Crippen molar-refractivity contribution in [3.8, 4) is 0 Å².